The monoisotopic (exact) mass is 356 g/mol. The number of para-hydroxylation sites is 1. The summed E-state index contributed by atoms with van der Waals surface area (Å²) < 4.78 is 5.53. The first kappa shape index (κ1) is 17.9. The molecule has 8 heteroatoms. The molecule has 2 N–H and O–H groups in total. The van der Waals surface area contributed by atoms with Crippen molar-refractivity contribution in [3.05, 3.63) is 42.7 Å². The Hall–Kier alpha value is -2.87. The van der Waals surface area contributed by atoms with E-state index in [1.807, 2.05) is 30.3 Å². The van der Waals surface area contributed by atoms with Crippen LogP contribution in [0.3, 0.4) is 0 Å². The number of amides is 2. The quantitative estimate of drug-likeness (QED) is 0.762. The van der Waals surface area contributed by atoms with Crippen molar-refractivity contribution < 1.29 is 9.53 Å². The molecule has 1 aliphatic rings. The Morgan fingerprint density at radius 2 is 1.92 bits per heavy atom. The van der Waals surface area contributed by atoms with Crippen LogP contribution in [0.2, 0.25) is 0 Å². The highest BCUT2D eigenvalue weighted by molar-refractivity contribution is 5.88. The predicted octanol–water partition coefficient (Wildman–Crippen LogP) is 1.43. The minimum absolute atomic E-state index is 0.315. The topological polar surface area (TPSA) is 82.6 Å². The van der Waals surface area contributed by atoms with Crippen molar-refractivity contribution in [3.63, 3.8) is 0 Å². The van der Waals surface area contributed by atoms with Crippen LogP contribution in [0.1, 0.15) is 0 Å². The smallest absolute Gasteiger partial charge is 0.320 e. The van der Waals surface area contributed by atoms with Gasteiger partial charge in [-0.1, -0.05) is 18.2 Å². The Bertz CT molecular complexity index is 704. The van der Waals surface area contributed by atoms with Crippen molar-refractivity contribution in [1.29, 1.82) is 0 Å². The van der Waals surface area contributed by atoms with Crippen LogP contribution in [-0.4, -0.2) is 67.3 Å². The van der Waals surface area contributed by atoms with E-state index >= 15 is 0 Å². The van der Waals surface area contributed by atoms with E-state index in [2.05, 4.69) is 37.4 Å². The summed E-state index contributed by atoms with van der Waals surface area (Å²) in [6, 6.07) is 11.0. The van der Waals surface area contributed by atoms with Crippen LogP contribution in [0.5, 0.6) is 5.75 Å². The molecule has 0 atom stereocenters. The molecule has 1 saturated heterocycles. The third-order valence-electron chi connectivity index (χ3n) is 4.12. The molecular formula is C18H24N6O2. The fourth-order valence-electron chi connectivity index (χ4n) is 2.63. The predicted molar refractivity (Wildman–Crippen MR) is 101 cm³/mol. The van der Waals surface area contributed by atoms with Gasteiger partial charge in [0.2, 0.25) is 0 Å². The molecule has 2 amide bonds. The zero-order valence-corrected chi connectivity index (χ0v) is 14.9. The van der Waals surface area contributed by atoms with Crippen molar-refractivity contribution >= 4 is 17.7 Å². The minimum Gasteiger partial charge on any atom is -0.492 e. The normalized spacial score (nSPS) is 14.7. The van der Waals surface area contributed by atoms with E-state index in [9.17, 15) is 4.79 Å². The number of carbonyl (C=O) groups excluding carboxylic acids is 1. The maximum absolute atomic E-state index is 12.0. The molecule has 2 heterocycles. The first-order valence-electron chi connectivity index (χ1n) is 8.69. The number of benzene rings is 1. The lowest BCUT2D eigenvalue weighted by atomic mass is 10.3. The summed E-state index contributed by atoms with van der Waals surface area (Å²) in [7, 11) is 2.11. The van der Waals surface area contributed by atoms with Crippen molar-refractivity contribution in [2.45, 2.75) is 0 Å². The molecule has 3 rings (SSSR count). The summed E-state index contributed by atoms with van der Waals surface area (Å²) in [5.41, 5.74) is 0. The fourth-order valence-corrected chi connectivity index (χ4v) is 2.63. The van der Waals surface area contributed by atoms with E-state index in [1.54, 1.807) is 6.07 Å². The Morgan fingerprint density at radius 1 is 1.15 bits per heavy atom. The molecule has 2 aromatic rings. The van der Waals surface area contributed by atoms with Crippen molar-refractivity contribution in [2.24, 2.45) is 0 Å². The SMILES string of the molecule is CN1CCN(c2cc(NC(=O)NCCOc3ccccc3)ncn2)CC1. The van der Waals surface area contributed by atoms with Gasteiger partial charge in [0, 0.05) is 32.2 Å². The van der Waals surface area contributed by atoms with Gasteiger partial charge in [0.05, 0.1) is 6.54 Å². The fraction of sp³-hybridized carbons (Fsp3) is 0.389. The summed E-state index contributed by atoms with van der Waals surface area (Å²) in [5.74, 6) is 2.09. The molecule has 8 nitrogen and oxygen atoms in total. The lowest BCUT2D eigenvalue weighted by molar-refractivity contribution is 0.247. The Morgan fingerprint density at radius 3 is 2.69 bits per heavy atom. The Balaban J connectivity index is 1.43. The number of hydrogen-bond acceptors (Lipinski definition) is 6. The second-order valence-corrected chi connectivity index (χ2v) is 6.09. The summed E-state index contributed by atoms with van der Waals surface area (Å²) in [6.07, 6.45) is 1.47. The molecule has 138 valence electrons. The van der Waals surface area contributed by atoms with E-state index in [0.29, 0.717) is 19.0 Å². The van der Waals surface area contributed by atoms with Gasteiger partial charge in [-0.25, -0.2) is 14.8 Å². The first-order chi connectivity index (χ1) is 12.7. The van der Waals surface area contributed by atoms with Gasteiger partial charge >= 0.3 is 6.03 Å². The number of piperazine rings is 1. The largest absolute Gasteiger partial charge is 0.492 e. The van der Waals surface area contributed by atoms with Crippen LogP contribution in [0.15, 0.2) is 42.7 Å². The average molecular weight is 356 g/mol. The molecule has 0 radical (unpaired) electrons. The van der Waals surface area contributed by atoms with Gasteiger partial charge in [0.25, 0.3) is 0 Å². The van der Waals surface area contributed by atoms with Crippen LogP contribution < -0.4 is 20.3 Å². The summed E-state index contributed by atoms with van der Waals surface area (Å²) in [6.45, 7) is 4.61. The first-order valence-corrected chi connectivity index (χ1v) is 8.69. The summed E-state index contributed by atoms with van der Waals surface area (Å²) in [4.78, 5) is 24.9. The highest BCUT2D eigenvalue weighted by Crippen LogP contribution is 2.15. The van der Waals surface area contributed by atoms with Crippen molar-refractivity contribution in [2.75, 3.05) is 56.6 Å². The molecule has 0 aliphatic carbocycles. The van der Waals surface area contributed by atoms with Gasteiger partial charge < -0.3 is 19.9 Å². The lowest BCUT2D eigenvalue weighted by Crippen LogP contribution is -2.44. The second kappa shape index (κ2) is 9.00. The number of rotatable bonds is 6. The van der Waals surface area contributed by atoms with Crippen LogP contribution in [0, 0.1) is 0 Å². The number of ether oxygens (including phenoxy) is 1. The van der Waals surface area contributed by atoms with E-state index in [0.717, 1.165) is 37.7 Å². The molecule has 0 unspecified atom stereocenters. The minimum atomic E-state index is -0.315. The van der Waals surface area contributed by atoms with E-state index in [4.69, 9.17) is 4.74 Å². The molecule has 1 fully saturated rings. The third kappa shape index (κ3) is 5.32. The molecule has 0 bridgehead atoms. The van der Waals surface area contributed by atoms with Gasteiger partial charge in [-0.05, 0) is 19.2 Å². The number of urea groups is 1. The maximum atomic E-state index is 12.0. The van der Waals surface area contributed by atoms with Gasteiger partial charge in [0.1, 0.15) is 30.3 Å². The highest BCUT2D eigenvalue weighted by atomic mass is 16.5. The molecule has 1 aromatic heterocycles. The number of hydrogen-bond donors (Lipinski definition) is 2. The summed E-state index contributed by atoms with van der Waals surface area (Å²) >= 11 is 0. The molecule has 0 spiro atoms. The number of likely N-dealkylation sites (N-methyl/N-ethyl adjacent to an activating group) is 1. The molecule has 1 aliphatic heterocycles. The Kier molecular flexibility index (Phi) is 6.21. The van der Waals surface area contributed by atoms with Crippen molar-refractivity contribution in [1.82, 2.24) is 20.2 Å². The Labute approximate surface area is 153 Å². The van der Waals surface area contributed by atoms with Gasteiger partial charge in [-0.15, -0.1) is 0 Å². The molecule has 0 saturated carbocycles. The van der Waals surface area contributed by atoms with Crippen LogP contribution in [0.4, 0.5) is 16.4 Å². The third-order valence-corrected chi connectivity index (χ3v) is 4.12. The number of carbonyl (C=O) groups is 1. The van der Waals surface area contributed by atoms with Crippen LogP contribution in [-0.2, 0) is 0 Å². The number of aromatic nitrogens is 2. The maximum Gasteiger partial charge on any atom is 0.320 e. The number of nitrogens with zero attached hydrogens (tertiary/aromatic N) is 4. The van der Waals surface area contributed by atoms with Gasteiger partial charge in [0.15, 0.2) is 0 Å². The molecular weight excluding hydrogens is 332 g/mol. The van der Waals surface area contributed by atoms with Crippen LogP contribution in [0.25, 0.3) is 0 Å². The zero-order chi connectivity index (χ0) is 18.2. The zero-order valence-electron chi connectivity index (χ0n) is 14.9. The molecule has 1 aromatic carbocycles. The van der Waals surface area contributed by atoms with Gasteiger partial charge in [-0.2, -0.15) is 0 Å². The number of nitrogens with one attached hydrogen (secondary N) is 2. The van der Waals surface area contributed by atoms with E-state index in [1.165, 1.54) is 6.33 Å². The second-order valence-electron chi connectivity index (χ2n) is 6.09. The standard InChI is InChI=1S/C18H24N6O2/c1-23-8-10-24(11-9-23)17-13-16(20-14-21-17)22-18(25)19-7-12-26-15-5-3-2-4-6-15/h2-6,13-14H,7-12H2,1H3,(H2,19,20,21,22,25). The summed E-state index contributed by atoms with van der Waals surface area (Å²) in [5, 5.41) is 5.49. The molecule has 26 heavy (non-hydrogen) atoms. The van der Waals surface area contributed by atoms with Crippen molar-refractivity contribution in [3.8, 4) is 5.75 Å². The lowest BCUT2D eigenvalue weighted by Gasteiger charge is -2.33. The highest BCUT2D eigenvalue weighted by Gasteiger charge is 2.16. The average Bonchev–Trinajstić information content (AvgIpc) is 2.67. The van der Waals surface area contributed by atoms with E-state index < -0.39 is 0 Å². The number of anilines is 2. The van der Waals surface area contributed by atoms with E-state index in [-0.39, 0.29) is 6.03 Å². The van der Waals surface area contributed by atoms with Crippen LogP contribution >= 0.6 is 0 Å². The van der Waals surface area contributed by atoms with Gasteiger partial charge in [-0.3, -0.25) is 5.32 Å².